The van der Waals surface area contributed by atoms with E-state index >= 15 is 0 Å². The first-order valence-electron chi connectivity index (χ1n) is 7.60. The molecule has 0 fully saturated rings. The smallest absolute Gasteiger partial charge is 0.0644 e. The third kappa shape index (κ3) is 2.73. The fourth-order valence-corrected chi connectivity index (χ4v) is 3.28. The molecule has 0 spiro atoms. The Hall–Kier alpha value is -1.66. The lowest BCUT2D eigenvalue weighted by Gasteiger charge is -2.27. The molecule has 21 heavy (non-hydrogen) atoms. The van der Waals surface area contributed by atoms with Gasteiger partial charge in [0.2, 0.25) is 0 Å². The minimum atomic E-state index is 0.137. The highest BCUT2D eigenvalue weighted by molar-refractivity contribution is 5.25. The summed E-state index contributed by atoms with van der Waals surface area (Å²) >= 11 is 0. The van der Waals surface area contributed by atoms with Crippen LogP contribution in [0.1, 0.15) is 48.8 Å². The number of fused-ring (bicyclic) bond motifs is 1. The molecule has 2 heterocycles. The molecule has 2 unspecified atom stereocenters. The van der Waals surface area contributed by atoms with E-state index in [4.69, 9.17) is 5.11 Å². The van der Waals surface area contributed by atoms with Crippen LogP contribution in [0, 0.1) is 0 Å². The fourth-order valence-electron chi connectivity index (χ4n) is 3.28. The second kappa shape index (κ2) is 5.99. The number of aliphatic hydroxyl groups excluding tert-OH is 1. The van der Waals surface area contributed by atoms with Gasteiger partial charge in [-0.25, -0.2) is 0 Å². The lowest BCUT2D eigenvalue weighted by atomic mass is 9.92. The molecule has 0 aromatic carbocycles. The number of aliphatic hydroxyl groups is 1. The molecule has 0 amide bonds. The topological polar surface area (TPSA) is 67.9 Å². The maximum Gasteiger partial charge on any atom is 0.0644 e. The molecule has 114 valence electrons. The SMILES string of the molecule is CC(NC1CCCc2c1cnn2CCO)c1ccnn1C. The molecule has 0 saturated heterocycles. The Balaban J connectivity index is 1.78. The summed E-state index contributed by atoms with van der Waals surface area (Å²) in [6.45, 7) is 2.89. The van der Waals surface area contributed by atoms with E-state index in [0.29, 0.717) is 12.6 Å². The Kier molecular flexibility index (Phi) is 4.07. The maximum atomic E-state index is 9.12. The van der Waals surface area contributed by atoms with E-state index in [-0.39, 0.29) is 12.6 Å². The molecule has 1 aliphatic rings. The molecular formula is C15H23N5O. The molecule has 2 aromatic rings. The van der Waals surface area contributed by atoms with Crippen molar-refractivity contribution in [2.75, 3.05) is 6.61 Å². The monoisotopic (exact) mass is 289 g/mol. The largest absolute Gasteiger partial charge is 0.394 e. The zero-order chi connectivity index (χ0) is 14.8. The molecule has 0 radical (unpaired) electrons. The van der Waals surface area contributed by atoms with Crippen molar-refractivity contribution in [1.82, 2.24) is 24.9 Å². The summed E-state index contributed by atoms with van der Waals surface area (Å²) < 4.78 is 3.86. The average Bonchev–Trinajstić information content (AvgIpc) is 3.07. The van der Waals surface area contributed by atoms with Gasteiger partial charge in [0.1, 0.15) is 0 Å². The molecule has 2 aromatic heterocycles. The minimum absolute atomic E-state index is 0.137. The standard InChI is InChI=1S/C15H23N5O/c1-11(14-6-7-16-19(14)2)18-13-4-3-5-15-12(13)10-17-20(15)8-9-21/h6-7,10-11,13,18,21H,3-5,8-9H2,1-2H3. The Morgan fingerprint density at radius 1 is 1.48 bits per heavy atom. The van der Waals surface area contributed by atoms with Crippen LogP contribution >= 0.6 is 0 Å². The lowest BCUT2D eigenvalue weighted by molar-refractivity contribution is 0.266. The van der Waals surface area contributed by atoms with Crippen molar-refractivity contribution in [1.29, 1.82) is 0 Å². The van der Waals surface area contributed by atoms with Crippen LogP contribution < -0.4 is 5.32 Å². The van der Waals surface area contributed by atoms with Crippen molar-refractivity contribution >= 4 is 0 Å². The Labute approximate surface area is 124 Å². The molecule has 0 bridgehead atoms. The van der Waals surface area contributed by atoms with E-state index in [9.17, 15) is 0 Å². The van der Waals surface area contributed by atoms with E-state index in [1.54, 1.807) is 0 Å². The van der Waals surface area contributed by atoms with Gasteiger partial charge in [0.15, 0.2) is 0 Å². The summed E-state index contributed by atoms with van der Waals surface area (Å²) in [5, 5.41) is 21.5. The zero-order valence-electron chi connectivity index (χ0n) is 12.7. The van der Waals surface area contributed by atoms with Gasteiger partial charge < -0.3 is 10.4 Å². The van der Waals surface area contributed by atoms with E-state index in [2.05, 4.69) is 28.5 Å². The van der Waals surface area contributed by atoms with Crippen molar-refractivity contribution in [3.8, 4) is 0 Å². The molecule has 0 saturated carbocycles. The van der Waals surface area contributed by atoms with E-state index in [1.807, 2.05) is 28.8 Å². The summed E-state index contributed by atoms with van der Waals surface area (Å²) in [6.07, 6.45) is 7.12. The van der Waals surface area contributed by atoms with Crippen LogP contribution in [-0.4, -0.2) is 31.3 Å². The van der Waals surface area contributed by atoms with Crippen LogP contribution in [0.5, 0.6) is 0 Å². The van der Waals surface area contributed by atoms with Crippen molar-refractivity contribution in [2.45, 2.75) is 44.8 Å². The minimum Gasteiger partial charge on any atom is -0.394 e. The Morgan fingerprint density at radius 2 is 2.33 bits per heavy atom. The van der Waals surface area contributed by atoms with Gasteiger partial charge in [-0.1, -0.05) is 0 Å². The van der Waals surface area contributed by atoms with Crippen LogP contribution in [0.3, 0.4) is 0 Å². The molecule has 2 N–H and O–H groups in total. The number of nitrogens with one attached hydrogen (secondary N) is 1. The van der Waals surface area contributed by atoms with Gasteiger partial charge >= 0.3 is 0 Å². The van der Waals surface area contributed by atoms with Crippen LogP contribution in [0.2, 0.25) is 0 Å². The zero-order valence-corrected chi connectivity index (χ0v) is 12.7. The van der Waals surface area contributed by atoms with Gasteiger partial charge in [-0.3, -0.25) is 9.36 Å². The highest BCUT2D eigenvalue weighted by Gasteiger charge is 2.25. The predicted octanol–water partition coefficient (Wildman–Crippen LogP) is 1.34. The number of rotatable bonds is 5. The lowest BCUT2D eigenvalue weighted by Crippen LogP contribution is -2.29. The van der Waals surface area contributed by atoms with Crippen LogP contribution in [-0.2, 0) is 20.0 Å². The number of hydrogen-bond donors (Lipinski definition) is 2. The molecule has 3 rings (SSSR count). The van der Waals surface area contributed by atoms with Crippen molar-refractivity contribution < 1.29 is 5.11 Å². The summed E-state index contributed by atoms with van der Waals surface area (Å²) in [7, 11) is 1.97. The van der Waals surface area contributed by atoms with Gasteiger partial charge in [0, 0.05) is 36.6 Å². The van der Waals surface area contributed by atoms with Gasteiger partial charge in [-0.15, -0.1) is 0 Å². The van der Waals surface area contributed by atoms with E-state index < -0.39 is 0 Å². The first kappa shape index (κ1) is 14.3. The molecule has 6 nitrogen and oxygen atoms in total. The number of nitrogens with zero attached hydrogens (tertiary/aromatic N) is 4. The highest BCUT2D eigenvalue weighted by atomic mass is 16.3. The van der Waals surface area contributed by atoms with Crippen molar-refractivity contribution in [3.05, 3.63) is 35.4 Å². The average molecular weight is 289 g/mol. The quantitative estimate of drug-likeness (QED) is 0.871. The third-order valence-corrected chi connectivity index (χ3v) is 4.33. The number of hydrogen-bond acceptors (Lipinski definition) is 4. The van der Waals surface area contributed by atoms with E-state index in [0.717, 1.165) is 19.3 Å². The molecular weight excluding hydrogens is 266 g/mol. The number of aryl methyl sites for hydroxylation is 1. The third-order valence-electron chi connectivity index (χ3n) is 4.33. The summed E-state index contributed by atoms with van der Waals surface area (Å²) in [5.74, 6) is 0. The van der Waals surface area contributed by atoms with Crippen LogP contribution in [0.25, 0.3) is 0 Å². The van der Waals surface area contributed by atoms with E-state index in [1.165, 1.54) is 17.0 Å². The fraction of sp³-hybridized carbons (Fsp3) is 0.600. The first-order chi connectivity index (χ1) is 10.2. The summed E-state index contributed by atoms with van der Waals surface area (Å²) in [4.78, 5) is 0. The molecule has 0 aliphatic heterocycles. The van der Waals surface area contributed by atoms with Crippen LogP contribution in [0.15, 0.2) is 18.5 Å². The molecule has 2 atom stereocenters. The first-order valence-corrected chi connectivity index (χ1v) is 7.60. The second-order valence-electron chi connectivity index (χ2n) is 5.71. The summed E-state index contributed by atoms with van der Waals surface area (Å²) in [5.41, 5.74) is 3.73. The Morgan fingerprint density at radius 3 is 3.05 bits per heavy atom. The highest BCUT2D eigenvalue weighted by Crippen LogP contribution is 2.31. The van der Waals surface area contributed by atoms with Gasteiger partial charge in [0.05, 0.1) is 25.0 Å². The predicted molar refractivity (Wildman–Crippen MR) is 79.8 cm³/mol. The molecule has 1 aliphatic carbocycles. The Bertz CT molecular complexity index is 603. The normalized spacial score (nSPS) is 19.5. The second-order valence-corrected chi connectivity index (χ2v) is 5.71. The van der Waals surface area contributed by atoms with Crippen molar-refractivity contribution in [3.63, 3.8) is 0 Å². The molecule has 6 heteroatoms. The van der Waals surface area contributed by atoms with Crippen LogP contribution in [0.4, 0.5) is 0 Å². The van der Waals surface area contributed by atoms with Crippen molar-refractivity contribution in [2.24, 2.45) is 7.05 Å². The maximum absolute atomic E-state index is 9.12. The van der Waals surface area contributed by atoms with Gasteiger partial charge in [0.25, 0.3) is 0 Å². The van der Waals surface area contributed by atoms with Gasteiger partial charge in [-0.05, 0) is 32.3 Å². The number of aromatic nitrogens is 4. The van der Waals surface area contributed by atoms with Gasteiger partial charge in [-0.2, -0.15) is 10.2 Å². The summed E-state index contributed by atoms with van der Waals surface area (Å²) in [6, 6.07) is 2.62.